The summed E-state index contributed by atoms with van der Waals surface area (Å²) in [6.45, 7) is 1.51. The molecule has 1 rings (SSSR count). The van der Waals surface area contributed by atoms with Crippen LogP contribution in [0.5, 0.6) is 0 Å². The zero-order chi connectivity index (χ0) is 17.7. The lowest BCUT2D eigenvalue weighted by molar-refractivity contribution is -0.185. The number of aliphatic carboxylic acids is 2. The van der Waals surface area contributed by atoms with E-state index in [0.29, 0.717) is 11.8 Å². The third kappa shape index (κ3) is 5.41. The quantitative estimate of drug-likeness (QED) is 0.442. The van der Waals surface area contributed by atoms with Crippen molar-refractivity contribution in [3.63, 3.8) is 0 Å². The molecule has 0 aliphatic rings. The third-order valence-corrected chi connectivity index (χ3v) is 2.51. The average Bonchev–Trinajstić information content (AvgIpc) is 2.35. The summed E-state index contributed by atoms with van der Waals surface area (Å²) in [4.78, 5) is 21.7. The van der Waals surface area contributed by atoms with Gasteiger partial charge in [-0.05, 0) is 12.5 Å². The average molecular weight is 336 g/mol. The van der Waals surface area contributed by atoms with Crippen LogP contribution in [-0.2, 0) is 25.3 Å². The number of hydrogen-bond donors (Lipinski definition) is 5. The van der Waals surface area contributed by atoms with Crippen LogP contribution >= 0.6 is 0 Å². The molecule has 0 bridgehead atoms. The van der Waals surface area contributed by atoms with Crippen molar-refractivity contribution < 1.29 is 43.0 Å². The number of carboxylic acids is 2. The standard InChI is InChI=1S/C11H12O6.CH4O3S/c1-6-4-2-3-5-7(6)11(17,10(15)16)8(12)9(13)14;1-5(2,3)4/h2-5,8,12,17H,1H3,(H,13,14)(H,15,16);1H3,(H,2,3,4). The number of aryl methyl sites for hydroxylation is 1. The normalized spacial score (nSPS) is 15.0. The van der Waals surface area contributed by atoms with Crippen LogP contribution in [0.4, 0.5) is 0 Å². The van der Waals surface area contributed by atoms with E-state index in [-0.39, 0.29) is 5.56 Å². The molecule has 0 spiro atoms. The molecular formula is C12H16O9S. The highest BCUT2D eigenvalue weighted by Crippen LogP contribution is 2.28. The molecule has 124 valence electrons. The van der Waals surface area contributed by atoms with E-state index in [2.05, 4.69) is 0 Å². The molecule has 2 unspecified atom stereocenters. The molecule has 2 atom stereocenters. The molecule has 0 saturated carbocycles. The Morgan fingerprint density at radius 3 is 1.91 bits per heavy atom. The molecule has 0 aromatic heterocycles. The first kappa shape index (κ1) is 20.0. The maximum atomic E-state index is 11.0. The highest BCUT2D eigenvalue weighted by Gasteiger charge is 2.50. The van der Waals surface area contributed by atoms with Gasteiger partial charge in [-0.1, -0.05) is 24.3 Å². The van der Waals surface area contributed by atoms with Gasteiger partial charge in [0.25, 0.3) is 10.1 Å². The maximum absolute atomic E-state index is 11.0. The van der Waals surface area contributed by atoms with Gasteiger partial charge in [0.05, 0.1) is 6.26 Å². The first-order valence-electron chi connectivity index (χ1n) is 5.67. The van der Waals surface area contributed by atoms with Gasteiger partial charge in [0.2, 0.25) is 5.60 Å². The Morgan fingerprint density at radius 2 is 1.59 bits per heavy atom. The lowest BCUT2D eigenvalue weighted by Crippen LogP contribution is -2.51. The molecule has 0 fully saturated rings. The second-order valence-corrected chi connectivity index (χ2v) is 5.83. The van der Waals surface area contributed by atoms with Gasteiger partial charge in [-0.3, -0.25) is 4.55 Å². The number of hydrogen-bond acceptors (Lipinski definition) is 6. The molecule has 0 aliphatic heterocycles. The van der Waals surface area contributed by atoms with Gasteiger partial charge >= 0.3 is 11.9 Å². The molecule has 1 aromatic rings. The van der Waals surface area contributed by atoms with Crippen LogP contribution in [0, 0.1) is 6.92 Å². The summed E-state index contributed by atoms with van der Waals surface area (Å²) in [5.74, 6) is -3.63. The molecule has 0 aliphatic carbocycles. The minimum atomic E-state index is -3.67. The van der Waals surface area contributed by atoms with Crippen LogP contribution in [-0.4, -0.2) is 57.7 Å². The molecule has 9 nitrogen and oxygen atoms in total. The molecule has 10 heteroatoms. The summed E-state index contributed by atoms with van der Waals surface area (Å²) in [6.07, 6.45) is -1.73. The van der Waals surface area contributed by atoms with Crippen LogP contribution in [0.2, 0.25) is 0 Å². The number of carbonyl (C=O) groups is 2. The van der Waals surface area contributed by atoms with Gasteiger partial charge in [-0.15, -0.1) is 0 Å². The van der Waals surface area contributed by atoms with Crippen molar-refractivity contribution in [3.05, 3.63) is 35.4 Å². The van der Waals surface area contributed by atoms with Gasteiger partial charge in [-0.2, -0.15) is 8.42 Å². The summed E-state index contributed by atoms with van der Waals surface area (Å²) in [5, 5.41) is 36.9. The second-order valence-electron chi connectivity index (χ2n) is 4.36. The molecule has 0 amide bonds. The fourth-order valence-corrected chi connectivity index (χ4v) is 1.56. The minimum Gasteiger partial charge on any atom is -0.479 e. The van der Waals surface area contributed by atoms with Gasteiger partial charge in [0, 0.05) is 5.56 Å². The van der Waals surface area contributed by atoms with Crippen molar-refractivity contribution in [2.75, 3.05) is 6.26 Å². The molecule has 22 heavy (non-hydrogen) atoms. The first-order valence-corrected chi connectivity index (χ1v) is 7.51. The van der Waals surface area contributed by atoms with Gasteiger partial charge in [0.15, 0.2) is 6.10 Å². The molecule has 5 N–H and O–H groups in total. The van der Waals surface area contributed by atoms with E-state index in [1.54, 1.807) is 6.07 Å². The van der Waals surface area contributed by atoms with Gasteiger partial charge in [0.1, 0.15) is 0 Å². The van der Waals surface area contributed by atoms with E-state index in [9.17, 15) is 28.2 Å². The Balaban J connectivity index is 0.000000763. The van der Waals surface area contributed by atoms with Gasteiger partial charge < -0.3 is 20.4 Å². The van der Waals surface area contributed by atoms with Crippen molar-refractivity contribution in [2.45, 2.75) is 18.6 Å². The van der Waals surface area contributed by atoms with E-state index < -0.39 is 33.8 Å². The van der Waals surface area contributed by atoms with E-state index in [1.165, 1.54) is 25.1 Å². The fraction of sp³-hybridized carbons (Fsp3) is 0.333. The van der Waals surface area contributed by atoms with Crippen LogP contribution in [0.25, 0.3) is 0 Å². The topological polar surface area (TPSA) is 169 Å². The summed E-state index contributed by atoms with van der Waals surface area (Å²) in [5.41, 5.74) is -2.64. The van der Waals surface area contributed by atoms with Gasteiger partial charge in [-0.25, -0.2) is 9.59 Å². The summed E-state index contributed by atoms with van der Waals surface area (Å²) in [7, 11) is -3.67. The number of benzene rings is 1. The monoisotopic (exact) mass is 336 g/mol. The number of carboxylic acid groups (broad SMARTS) is 2. The van der Waals surface area contributed by atoms with Crippen LogP contribution in [0.1, 0.15) is 11.1 Å². The Labute approximate surface area is 126 Å². The highest BCUT2D eigenvalue weighted by molar-refractivity contribution is 7.85. The Morgan fingerprint density at radius 1 is 1.18 bits per heavy atom. The van der Waals surface area contributed by atoms with E-state index in [4.69, 9.17) is 14.8 Å². The van der Waals surface area contributed by atoms with Crippen LogP contribution < -0.4 is 0 Å². The molecule has 1 aromatic carbocycles. The predicted octanol–water partition coefficient (Wildman–Crippen LogP) is -0.783. The van der Waals surface area contributed by atoms with E-state index in [0.717, 1.165) is 0 Å². The molecular weight excluding hydrogens is 320 g/mol. The third-order valence-electron chi connectivity index (χ3n) is 2.51. The predicted molar refractivity (Wildman–Crippen MR) is 73.8 cm³/mol. The van der Waals surface area contributed by atoms with Crippen molar-refractivity contribution in [2.24, 2.45) is 0 Å². The highest BCUT2D eigenvalue weighted by atomic mass is 32.2. The number of rotatable bonds is 4. The zero-order valence-corrected chi connectivity index (χ0v) is 12.5. The summed E-state index contributed by atoms with van der Waals surface area (Å²) in [6, 6.07) is 5.83. The van der Waals surface area contributed by atoms with Crippen molar-refractivity contribution in [3.8, 4) is 0 Å². The molecule has 0 heterocycles. The second kappa shape index (κ2) is 7.31. The number of aliphatic hydroxyl groups excluding tert-OH is 1. The smallest absolute Gasteiger partial charge is 0.343 e. The SMILES string of the molecule is CS(=O)(=O)O.Cc1ccccc1C(O)(C(=O)O)C(O)C(=O)O. The maximum Gasteiger partial charge on any atom is 0.343 e. The largest absolute Gasteiger partial charge is 0.479 e. The Bertz CT molecular complexity index is 644. The number of aliphatic hydroxyl groups is 2. The van der Waals surface area contributed by atoms with Crippen LogP contribution in [0.15, 0.2) is 24.3 Å². The van der Waals surface area contributed by atoms with Crippen molar-refractivity contribution >= 4 is 22.1 Å². The lowest BCUT2D eigenvalue weighted by Gasteiger charge is -2.27. The van der Waals surface area contributed by atoms with Crippen molar-refractivity contribution in [1.29, 1.82) is 0 Å². The summed E-state index contributed by atoms with van der Waals surface area (Å²) < 4.78 is 25.9. The van der Waals surface area contributed by atoms with E-state index >= 15 is 0 Å². The van der Waals surface area contributed by atoms with Crippen LogP contribution in [0.3, 0.4) is 0 Å². The molecule has 0 radical (unpaired) electrons. The summed E-state index contributed by atoms with van der Waals surface area (Å²) >= 11 is 0. The minimum absolute atomic E-state index is 0.151. The fourth-order valence-electron chi connectivity index (χ4n) is 1.56. The molecule has 0 saturated heterocycles. The van der Waals surface area contributed by atoms with Crippen molar-refractivity contribution in [1.82, 2.24) is 0 Å². The zero-order valence-electron chi connectivity index (χ0n) is 11.7. The first-order chi connectivity index (χ1) is 9.81. The van der Waals surface area contributed by atoms with E-state index in [1.807, 2.05) is 0 Å². The lowest BCUT2D eigenvalue weighted by atomic mass is 9.85. The Hall–Kier alpha value is -2.01. The Kier molecular flexibility index (Phi) is 6.64.